The molecule has 1 aromatic heterocycles. The van der Waals surface area contributed by atoms with Crippen molar-refractivity contribution in [1.29, 1.82) is 0 Å². The summed E-state index contributed by atoms with van der Waals surface area (Å²) in [4.78, 5) is 16.5. The van der Waals surface area contributed by atoms with E-state index < -0.39 is 5.54 Å². The Bertz CT molecular complexity index is 390. The van der Waals surface area contributed by atoms with E-state index in [-0.39, 0.29) is 5.78 Å². The summed E-state index contributed by atoms with van der Waals surface area (Å²) in [5, 5.41) is 0. The normalized spacial score (nSPS) is 28.9. The van der Waals surface area contributed by atoms with Crippen LogP contribution in [0.2, 0.25) is 0 Å². The molecule has 0 aliphatic heterocycles. The molecule has 1 aliphatic carbocycles. The molecule has 0 spiro atoms. The molecular formula is C14H20N2O. The molecule has 0 radical (unpaired) electrons. The van der Waals surface area contributed by atoms with Crippen LogP contribution in [0.3, 0.4) is 0 Å². The second-order valence-electron chi connectivity index (χ2n) is 5.28. The SMILES string of the molecule is CC1CCCC(N)(C(=O)Cc2ccccn2)C1. The highest BCUT2D eigenvalue weighted by Crippen LogP contribution is 2.31. The highest BCUT2D eigenvalue weighted by Gasteiger charge is 2.37. The zero-order valence-electron chi connectivity index (χ0n) is 10.4. The first-order valence-corrected chi connectivity index (χ1v) is 6.32. The van der Waals surface area contributed by atoms with E-state index in [0.717, 1.165) is 25.0 Å². The van der Waals surface area contributed by atoms with Gasteiger partial charge in [-0.15, -0.1) is 0 Å². The fourth-order valence-corrected chi connectivity index (χ4v) is 2.69. The maximum Gasteiger partial charge on any atom is 0.158 e. The van der Waals surface area contributed by atoms with Crippen molar-refractivity contribution in [2.45, 2.75) is 44.6 Å². The summed E-state index contributed by atoms with van der Waals surface area (Å²) in [5.41, 5.74) is 6.47. The summed E-state index contributed by atoms with van der Waals surface area (Å²) in [7, 11) is 0. The maximum atomic E-state index is 12.3. The molecule has 17 heavy (non-hydrogen) atoms. The van der Waals surface area contributed by atoms with Crippen LogP contribution in [-0.4, -0.2) is 16.3 Å². The molecule has 1 heterocycles. The van der Waals surface area contributed by atoms with Gasteiger partial charge in [-0.3, -0.25) is 9.78 Å². The Hall–Kier alpha value is -1.22. The van der Waals surface area contributed by atoms with Gasteiger partial charge in [-0.25, -0.2) is 0 Å². The van der Waals surface area contributed by atoms with Crippen LogP contribution < -0.4 is 5.73 Å². The van der Waals surface area contributed by atoms with Crippen LogP contribution in [0.1, 0.15) is 38.3 Å². The van der Waals surface area contributed by atoms with Gasteiger partial charge in [-0.1, -0.05) is 25.8 Å². The lowest BCUT2D eigenvalue weighted by atomic mass is 9.74. The van der Waals surface area contributed by atoms with Crippen molar-refractivity contribution in [2.24, 2.45) is 11.7 Å². The molecule has 2 rings (SSSR count). The number of carbonyl (C=O) groups is 1. The molecular weight excluding hydrogens is 212 g/mol. The number of hydrogen-bond donors (Lipinski definition) is 1. The van der Waals surface area contributed by atoms with E-state index in [1.807, 2.05) is 18.2 Å². The van der Waals surface area contributed by atoms with Crippen molar-refractivity contribution >= 4 is 5.78 Å². The molecule has 0 bridgehead atoms. The lowest BCUT2D eigenvalue weighted by molar-refractivity contribution is -0.125. The summed E-state index contributed by atoms with van der Waals surface area (Å²) in [6.07, 6.45) is 5.97. The Morgan fingerprint density at radius 1 is 1.59 bits per heavy atom. The van der Waals surface area contributed by atoms with Crippen molar-refractivity contribution in [2.75, 3.05) is 0 Å². The molecule has 1 aliphatic rings. The van der Waals surface area contributed by atoms with Gasteiger partial charge in [0.05, 0.1) is 12.0 Å². The first-order valence-electron chi connectivity index (χ1n) is 6.32. The van der Waals surface area contributed by atoms with E-state index in [1.54, 1.807) is 6.20 Å². The van der Waals surface area contributed by atoms with Crippen LogP contribution in [0.25, 0.3) is 0 Å². The minimum absolute atomic E-state index is 0.141. The monoisotopic (exact) mass is 232 g/mol. The fraction of sp³-hybridized carbons (Fsp3) is 0.571. The summed E-state index contributed by atoms with van der Waals surface area (Å²) in [5.74, 6) is 0.698. The molecule has 2 unspecified atom stereocenters. The third kappa shape index (κ3) is 2.91. The zero-order chi connectivity index (χ0) is 12.3. The van der Waals surface area contributed by atoms with E-state index in [1.165, 1.54) is 6.42 Å². The first kappa shape index (κ1) is 12.2. The third-order valence-electron chi connectivity index (χ3n) is 3.66. The second-order valence-corrected chi connectivity index (χ2v) is 5.28. The molecule has 0 aromatic carbocycles. The Morgan fingerprint density at radius 2 is 2.41 bits per heavy atom. The van der Waals surface area contributed by atoms with Gasteiger partial charge in [0.15, 0.2) is 5.78 Å². The van der Waals surface area contributed by atoms with Crippen molar-refractivity contribution in [3.8, 4) is 0 Å². The lowest BCUT2D eigenvalue weighted by Gasteiger charge is -2.35. The van der Waals surface area contributed by atoms with Crippen molar-refractivity contribution < 1.29 is 4.79 Å². The van der Waals surface area contributed by atoms with Gasteiger partial charge in [0, 0.05) is 11.9 Å². The highest BCUT2D eigenvalue weighted by atomic mass is 16.1. The van der Waals surface area contributed by atoms with Crippen molar-refractivity contribution in [3.05, 3.63) is 30.1 Å². The van der Waals surface area contributed by atoms with Crippen molar-refractivity contribution in [1.82, 2.24) is 4.98 Å². The molecule has 1 fully saturated rings. The standard InChI is InChI=1S/C14H20N2O/c1-11-5-4-7-14(15,10-11)13(17)9-12-6-2-3-8-16-12/h2-3,6,8,11H,4-5,7,9-10,15H2,1H3. The number of hydrogen-bond acceptors (Lipinski definition) is 3. The third-order valence-corrected chi connectivity index (χ3v) is 3.66. The summed E-state index contributed by atoms with van der Waals surface area (Å²) in [6, 6.07) is 5.64. The van der Waals surface area contributed by atoms with Gasteiger partial charge in [0.1, 0.15) is 0 Å². The van der Waals surface area contributed by atoms with Crippen LogP contribution in [0.15, 0.2) is 24.4 Å². The summed E-state index contributed by atoms with van der Waals surface area (Å²) in [6.45, 7) is 2.18. The Labute approximate surface area is 102 Å². The van der Waals surface area contributed by atoms with Crippen molar-refractivity contribution in [3.63, 3.8) is 0 Å². The molecule has 3 heteroatoms. The summed E-state index contributed by atoms with van der Waals surface area (Å²) >= 11 is 0. The van der Waals surface area contributed by atoms with Crippen LogP contribution in [0, 0.1) is 5.92 Å². The quantitative estimate of drug-likeness (QED) is 0.868. The zero-order valence-corrected chi connectivity index (χ0v) is 10.4. The average Bonchev–Trinajstić information content (AvgIpc) is 2.30. The number of pyridine rings is 1. The molecule has 0 saturated heterocycles. The summed E-state index contributed by atoms with van der Waals surface area (Å²) < 4.78 is 0. The average molecular weight is 232 g/mol. The lowest BCUT2D eigenvalue weighted by Crippen LogP contribution is -2.51. The number of rotatable bonds is 3. The maximum absolute atomic E-state index is 12.3. The van der Waals surface area contributed by atoms with Crippen LogP contribution >= 0.6 is 0 Å². The highest BCUT2D eigenvalue weighted by molar-refractivity contribution is 5.89. The minimum Gasteiger partial charge on any atom is -0.319 e. The molecule has 1 saturated carbocycles. The first-order chi connectivity index (χ1) is 8.10. The Balaban J connectivity index is 2.04. The van der Waals surface area contributed by atoms with E-state index in [0.29, 0.717) is 12.3 Å². The van der Waals surface area contributed by atoms with E-state index in [2.05, 4.69) is 11.9 Å². The van der Waals surface area contributed by atoms with E-state index in [4.69, 9.17) is 5.73 Å². The minimum atomic E-state index is -0.616. The fourth-order valence-electron chi connectivity index (χ4n) is 2.69. The molecule has 1 aromatic rings. The van der Waals surface area contributed by atoms with Crippen LogP contribution in [0.4, 0.5) is 0 Å². The Kier molecular flexibility index (Phi) is 3.57. The molecule has 92 valence electrons. The van der Waals surface area contributed by atoms with Crippen LogP contribution in [-0.2, 0) is 11.2 Å². The van der Waals surface area contributed by atoms with Gasteiger partial charge >= 0.3 is 0 Å². The molecule has 2 N–H and O–H groups in total. The van der Waals surface area contributed by atoms with E-state index >= 15 is 0 Å². The second kappa shape index (κ2) is 4.96. The van der Waals surface area contributed by atoms with Gasteiger partial charge in [-0.2, -0.15) is 0 Å². The number of Topliss-reactive ketones (excluding diaryl/α,β-unsaturated/α-hetero) is 1. The molecule has 0 amide bonds. The number of carbonyl (C=O) groups excluding carboxylic acids is 1. The topological polar surface area (TPSA) is 56.0 Å². The Morgan fingerprint density at radius 3 is 3.06 bits per heavy atom. The number of nitrogens with zero attached hydrogens (tertiary/aromatic N) is 1. The van der Waals surface area contributed by atoms with Gasteiger partial charge < -0.3 is 5.73 Å². The number of nitrogens with two attached hydrogens (primary N) is 1. The number of ketones is 1. The predicted molar refractivity (Wildman–Crippen MR) is 67.5 cm³/mol. The number of aromatic nitrogens is 1. The predicted octanol–water partition coefficient (Wildman–Crippen LogP) is 2.10. The smallest absolute Gasteiger partial charge is 0.158 e. The molecule has 2 atom stereocenters. The van der Waals surface area contributed by atoms with Gasteiger partial charge in [0.2, 0.25) is 0 Å². The largest absolute Gasteiger partial charge is 0.319 e. The molecule has 3 nitrogen and oxygen atoms in total. The van der Waals surface area contributed by atoms with Crippen LogP contribution in [0.5, 0.6) is 0 Å². The van der Waals surface area contributed by atoms with E-state index in [9.17, 15) is 4.79 Å². The van der Waals surface area contributed by atoms with Gasteiger partial charge in [-0.05, 0) is 30.9 Å². The van der Waals surface area contributed by atoms with Gasteiger partial charge in [0.25, 0.3) is 0 Å².